The van der Waals surface area contributed by atoms with Crippen LogP contribution in [-0.2, 0) is 19.5 Å². The van der Waals surface area contributed by atoms with Gasteiger partial charge in [0.15, 0.2) is 17.3 Å². The van der Waals surface area contributed by atoms with E-state index < -0.39 is 28.3 Å². The average Bonchev–Trinajstić information content (AvgIpc) is 3.58. The number of aromatic nitrogens is 4. The van der Waals surface area contributed by atoms with Crippen LogP contribution in [0, 0.1) is 6.92 Å². The number of nitrogens with zero attached hydrogens (tertiary/aromatic N) is 4. The lowest BCUT2D eigenvalue weighted by molar-refractivity contribution is 0.0626. The van der Waals surface area contributed by atoms with E-state index in [0.29, 0.717) is 23.9 Å². The van der Waals surface area contributed by atoms with Crippen molar-refractivity contribution in [2.75, 3.05) is 20.0 Å². The number of fused-ring (bicyclic) bond motifs is 2. The first-order valence-electron chi connectivity index (χ1n) is 10.5. The normalized spacial score (nSPS) is 26.0. The van der Waals surface area contributed by atoms with Crippen molar-refractivity contribution in [3.05, 3.63) is 48.0 Å². The van der Waals surface area contributed by atoms with E-state index in [1.807, 2.05) is 25.1 Å². The van der Waals surface area contributed by atoms with Gasteiger partial charge < -0.3 is 18.9 Å². The Morgan fingerprint density at radius 3 is 2.64 bits per heavy atom. The van der Waals surface area contributed by atoms with Crippen LogP contribution in [0.3, 0.4) is 0 Å². The number of ether oxygens (including phenoxy) is 4. The number of tetrazole rings is 1. The molecule has 0 aliphatic carbocycles. The molecular formula is C21H21N5O6S. The summed E-state index contributed by atoms with van der Waals surface area (Å²) in [5, 5.41) is 12.2. The molecule has 11 nitrogen and oxygen atoms in total. The van der Waals surface area contributed by atoms with E-state index in [4.69, 9.17) is 18.9 Å². The zero-order chi connectivity index (χ0) is 22.6. The van der Waals surface area contributed by atoms with Crippen molar-refractivity contribution >= 4 is 10.0 Å². The smallest absolute Gasteiger partial charge is 0.240 e. The third kappa shape index (κ3) is 3.55. The van der Waals surface area contributed by atoms with Gasteiger partial charge in [-0.25, -0.2) is 17.8 Å². The van der Waals surface area contributed by atoms with Crippen molar-refractivity contribution in [2.45, 2.75) is 36.1 Å². The lowest BCUT2D eigenvalue weighted by Crippen LogP contribution is -2.44. The van der Waals surface area contributed by atoms with Crippen molar-refractivity contribution in [3.63, 3.8) is 0 Å². The molecule has 2 fully saturated rings. The molecular weight excluding hydrogens is 450 g/mol. The summed E-state index contributed by atoms with van der Waals surface area (Å²) in [6.45, 7) is 2.57. The van der Waals surface area contributed by atoms with E-state index in [-0.39, 0.29) is 24.3 Å². The number of nitrogens with one attached hydrogen (secondary N) is 1. The fourth-order valence-corrected chi connectivity index (χ4v) is 5.65. The maximum atomic E-state index is 12.8. The first kappa shape index (κ1) is 20.5. The van der Waals surface area contributed by atoms with Gasteiger partial charge >= 0.3 is 0 Å². The second kappa shape index (κ2) is 7.76. The largest absolute Gasteiger partial charge is 0.454 e. The molecule has 1 aromatic heterocycles. The Hall–Kier alpha value is -3.06. The molecule has 3 aliphatic rings. The third-order valence-electron chi connectivity index (χ3n) is 6.10. The summed E-state index contributed by atoms with van der Waals surface area (Å²) in [6.07, 6.45) is -0.851. The Morgan fingerprint density at radius 2 is 1.79 bits per heavy atom. The molecule has 4 heterocycles. The quantitative estimate of drug-likeness (QED) is 0.581. The number of hydrogen-bond donors (Lipinski definition) is 1. The van der Waals surface area contributed by atoms with Crippen molar-refractivity contribution < 1.29 is 27.4 Å². The van der Waals surface area contributed by atoms with Crippen LogP contribution in [0.4, 0.5) is 0 Å². The van der Waals surface area contributed by atoms with E-state index >= 15 is 0 Å². The third-order valence-corrected chi connectivity index (χ3v) is 7.61. The SMILES string of the molecule is Cc1ccc(S(=O)(=O)NC2COC3C2OCC3n2nnnc2-c2ccc3c(c2)OCO3)cc1. The topological polar surface area (TPSA) is 127 Å². The Bertz CT molecular complexity index is 1290. The molecule has 33 heavy (non-hydrogen) atoms. The highest BCUT2D eigenvalue weighted by Crippen LogP contribution is 2.38. The van der Waals surface area contributed by atoms with Gasteiger partial charge in [0.05, 0.1) is 24.2 Å². The summed E-state index contributed by atoms with van der Waals surface area (Å²) in [4.78, 5) is 0.205. The number of hydrogen-bond acceptors (Lipinski definition) is 9. The summed E-state index contributed by atoms with van der Waals surface area (Å²) in [6, 6.07) is 11.4. The first-order valence-corrected chi connectivity index (χ1v) is 12.0. The highest BCUT2D eigenvalue weighted by atomic mass is 32.2. The van der Waals surface area contributed by atoms with Crippen molar-refractivity contribution in [1.29, 1.82) is 0 Å². The van der Waals surface area contributed by atoms with Gasteiger partial charge in [0.25, 0.3) is 0 Å². The zero-order valence-corrected chi connectivity index (χ0v) is 18.4. The molecule has 4 unspecified atom stereocenters. The Morgan fingerprint density at radius 1 is 1.00 bits per heavy atom. The van der Waals surface area contributed by atoms with E-state index in [0.717, 1.165) is 11.1 Å². The maximum absolute atomic E-state index is 12.8. The fourth-order valence-electron chi connectivity index (χ4n) is 4.42. The molecule has 12 heteroatoms. The molecule has 0 radical (unpaired) electrons. The van der Waals surface area contributed by atoms with Crippen LogP contribution in [0.2, 0.25) is 0 Å². The van der Waals surface area contributed by atoms with Gasteiger partial charge in [-0.05, 0) is 47.7 Å². The van der Waals surface area contributed by atoms with Gasteiger partial charge in [0.2, 0.25) is 16.8 Å². The minimum atomic E-state index is -3.71. The molecule has 0 spiro atoms. The first-order chi connectivity index (χ1) is 16.0. The van der Waals surface area contributed by atoms with E-state index in [9.17, 15) is 8.42 Å². The molecule has 1 N–H and O–H groups in total. The summed E-state index contributed by atoms with van der Waals surface area (Å²) in [5.74, 6) is 1.84. The van der Waals surface area contributed by atoms with Crippen molar-refractivity contribution in [1.82, 2.24) is 24.9 Å². The zero-order valence-electron chi connectivity index (χ0n) is 17.6. The Labute approximate surface area is 189 Å². The van der Waals surface area contributed by atoms with E-state index in [1.54, 1.807) is 28.9 Å². The molecule has 2 aromatic carbocycles. The molecule has 0 bridgehead atoms. The molecule has 6 rings (SSSR count). The minimum Gasteiger partial charge on any atom is -0.454 e. The lowest BCUT2D eigenvalue weighted by atomic mass is 10.1. The molecule has 2 saturated heterocycles. The maximum Gasteiger partial charge on any atom is 0.240 e. The second-order valence-electron chi connectivity index (χ2n) is 8.22. The summed E-state index contributed by atoms with van der Waals surface area (Å²) in [7, 11) is -3.71. The standard InChI is InChI=1S/C21H21N5O6S/c1-12-2-5-14(6-3-12)33(27,28)23-15-9-29-20-16(10-30-19(15)20)26-21(22-24-25-26)13-4-7-17-18(8-13)32-11-31-17/h2-8,15-16,19-20,23H,9-11H2,1H3. The highest BCUT2D eigenvalue weighted by Gasteiger charge is 2.50. The van der Waals surface area contributed by atoms with Gasteiger partial charge in [-0.3, -0.25) is 0 Å². The molecule has 3 aliphatic heterocycles. The van der Waals surface area contributed by atoms with Crippen LogP contribution in [-0.4, -0.2) is 66.9 Å². The Balaban J connectivity index is 1.22. The highest BCUT2D eigenvalue weighted by molar-refractivity contribution is 7.89. The van der Waals surface area contributed by atoms with Gasteiger partial charge in [-0.1, -0.05) is 17.7 Å². The summed E-state index contributed by atoms with van der Waals surface area (Å²) < 4.78 is 52.9. The average molecular weight is 471 g/mol. The van der Waals surface area contributed by atoms with Crippen LogP contribution in [0.25, 0.3) is 11.4 Å². The van der Waals surface area contributed by atoms with Gasteiger partial charge in [-0.2, -0.15) is 0 Å². The molecule has 4 atom stereocenters. The van der Waals surface area contributed by atoms with Crippen molar-refractivity contribution in [3.8, 4) is 22.9 Å². The monoisotopic (exact) mass is 471 g/mol. The second-order valence-corrected chi connectivity index (χ2v) is 9.93. The van der Waals surface area contributed by atoms with Crippen LogP contribution in [0.15, 0.2) is 47.4 Å². The molecule has 0 saturated carbocycles. The van der Waals surface area contributed by atoms with Crippen LogP contribution >= 0.6 is 0 Å². The number of rotatable bonds is 5. The van der Waals surface area contributed by atoms with Crippen LogP contribution in [0.1, 0.15) is 11.6 Å². The van der Waals surface area contributed by atoms with E-state index in [2.05, 4.69) is 20.2 Å². The van der Waals surface area contributed by atoms with Crippen LogP contribution < -0.4 is 14.2 Å². The van der Waals surface area contributed by atoms with Gasteiger partial charge in [0.1, 0.15) is 18.2 Å². The molecule has 3 aromatic rings. The predicted molar refractivity (Wildman–Crippen MR) is 113 cm³/mol. The number of aryl methyl sites for hydroxylation is 1. The van der Waals surface area contributed by atoms with Gasteiger partial charge in [-0.15, -0.1) is 5.10 Å². The lowest BCUT2D eigenvalue weighted by Gasteiger charge is -2.18. The van der Waals surface area contributed by atoms with E-state index in [1.165, 1.54) is 0 Å². The number of benzene rings is 2. The van der Waals surface area contributed by atoms with Gasteiger partial charge in [0, 0.05) is 5.56 Å². The Kier molecular flexibility index (Phi) is 4.83. The van der Waals surface area contributed by atoms with Crippen LogP contribution in [0.5, 0.6) is 11.5 Å². The predicted octanol–water partition coefficient (Wildman–Crippen LogP) is 1.06. The number of sulfonamides is 1. The summed E-state index contributed by atoms with van der Waals surface area (Å²) >= 11 is 0. The van der Waals surface area contributed by atoms with Crippen molar-refractivity contribution in [2.24, 2.45) is 0 Å². The fraction of sp³-hybridized carbons (Fsp3) is 0.381. The molecule has 0 amide bonds. The summed E-state index contributed by atoms with van der Waals surface area (Å²) in [5.41, 5.74) is 1.75. The molecule has 172 valence electrons. The minimum absolute atomic E-state index is 0.178.